The van der Waals surface area contributed by atoms with Gasteiger partial charge in [-0.15, -0.1) is 0 Å². The Labute approximate surface area is 168 Å². The van der Waals surface area contributed by atoms with Crippen LogP contribution in [0.1, 0.15) is 25.6 Å². The van der Waals surface area contributed by atoms with Crippen molar-refractivity contribution >= 4 is 17.3 Å². The highest BCUT2D eigenvalue weighted by Crippen LogP contribution is 2.26. The van der Waals surface area contributed by atoms with Crippen LogP contribution in [0.4, 0.5) is 17.3 Å². The highest BCUT2D eigenvalue weighted by Gasteiger charge is 2.22. The molecule has 2 aromatic rings. The third-order valence-corrected chi connectivity index (χ3v) is 5.96. The summed E-state index contributed by atoms with van der Waals surface area (Å²) in [5, 5.41) is 0. The average Bonchev–Trinajstić information content (AvgIpc) is 2.74. The molecule has 2 aliphatic heterocycles. The van der Waals surface area contributed by atoms with E-state index in [4.69, 9.17) is 14.7 Å². The van der Waals surface area contributed by atoms with Gasteiger partial charge in [0.1, 0.15) is 23.2 Å². The molecule has 0 unspecified atom stereocenters. The number of anilines is 3. The second-order valence-corrected chi connectivity index (χ2v) is 7.97. The minimum Gasteiger partial charge on any atom is -0.497 e. The Kier molecular flexibility index (Phi) is 5.55. The van der Waals surface area contributed by atoms with Gasteiger partial charge < -0.3 is 19.4 Å². The van der Waals surface area contributed by atoms with Crippen molar-refractivity contribution in [3.8, 4) is 5.75 Å². The van der Waals surface area contributed by atoms with E-state index in [1.165, 1.54) is 18.5 Å². The number of rotatable bonds is 4. The lowest BCUT2D eigenvalue weighted by atomic mass is 9.99. The molecule has 2 fully saturated rings. The number of aromatic nitrogens is 2. The van der Waals surface area contributed by atoms with Crippen LogP contribution in [0.2, 0.25) is 0 Å². The van der Waals surface area contributed by atoms with Crippen molar-refractivity contribution in [1.29, 1.82) is 0 Å². The second kappa shape index (κ2) is 8.25. The van der Waals surface area contributed by atoms with Gasteiger partial charge in [0.25, 0.3) is 0 Å². The van der Waals surface area contributed by atoms with E-state index in [0.717, 1.165) is 68.4 Å². The molecule has 0 amide bonds. The first-order valence-electron chi connectivity index (χ1n) is 10.4. The van der Waals surface area contributed by atoms with E-state index >= 15 is 0 Å². The summed E-state index contributed by atoms with van der Waals surface area (Å²) in [4.78, 5) is 16.7. The predicted octanol–water partition coefficient (Wildman–Crippen LogP) is 3.36. The topological polar surface area (TPSA) is 44.7 Å². The van der Waals surface area contributed by atoms with Gasteiger partial charge in [-0.05, 0) is 49.9 Å². The van der Waals surface area contributed by atoms with Gasteiger partial charge in [-0.2, -0.15) is 0 Å². The van der Waals surface area contributed by atoms with Crippen molar-refractivity contribution < 1.29 is 4.74 Å². The molecule has 4 rings (SSSR count). The zero-order chi connectivity index (χ0) is 19.5. The number of ether oxygens (including phenoxy) is 1. The van der Waals surface area contributed by atoms with Crippen molar-refractivity contribution in [2.75, 3.05) is 61.1 Å². The number of aryl methyl sites for hydroxylation is 1. The highest BCUT2D eigenvalue weighted by molar-refractivity contribution is 5.54. The van der Waals surface area contributed by atoms with Crippen LogP contribution in [0.3, 0.4) is 0 Å². The van der Waals surface area contributed by atoms with Gasteiger partial charge in [0.05, 0.1) is 7.11 Å². The smallest absolute Gasteiger partial charge is 0.134 e. The SMILES string of the molecule is COc1ccc(N2CCN(c3cc(N4CCC(C)CC4)nc(C)n3)CC2)cc1. The van der Waals surface area contributed by atoms with E-state index in [9.17, 15) is 0 Å². The summed E-state index contributed by atoms with van der Waals surface area (Å²) in [6.45, 7) is 10.5. The predicted molar refractivity (Wildman–Crippen MR) is 115 cm³/mol. The van der Waals surface area contributed by atoms with E-state index < -0.39 is 0 Å². The summed E-state index contributed by atoms with van der Waals surface area (Å²) in [5.41, 5.74) is 1.25. The molecule has 0 atom stereocenters. The third-order valence-electron chi connectivity index (χ3n) is 5.96. The molecule has 0 radical (unpaired) electrons. The van der Waals surface area contributed by atoms with Crippen LogP contribution < -0.4 is 19.4 Å². The molecular weight excluding hydrogens is 350 g/mol. The molecule has 2 aliphatic rings. The molecule has 2 saturated heterocycles. The molecule has 1 aromatic carbocycles. The highest BCUT2D eigenvalue weighted by atomic mass is 16.5. The summed E-state index contributed by atoms with van der Waals surface area (Å²) in [6.07, 6.45) is 2.50. The Morgan fingerprint density at radius 1 is 0.821 bits per heavy atom. The number of piperidine rings is 1. The third kappa shape index (κ3) is 4.16. The molecule has 6 nitrogen and oxygen atoms in total. The second-order valence-electron chi connectivity index (χ2n) is 7.97. The first-order valence-corrected chi connectivity index (χ1v) is 10.4. The molecule has 0 spiro atoms. The molecule has 28 heavy (non-hydrogen) atoms. The number of nitrogens with zero attached hydrogens (tertiary/aromatic N) is 5. The van der Waals surface area contributed by atoms with Gasteiger partial charge in [0, 0.05) is 51.0 Å². The fourth-order valence-electron chi connectivity index (χ4n) is 4.09. The number of benzene rings is 1. The van der Waals surface area contributed by atoms with Crippen LogP contribution in [0, 0.1) is 12.8 Å². The van der Waals surface area contributed by atoms with Crippen molar-refractivity contribution in [3.05, 3.63) is 36.2 Å². The van der Waals surface area contributed by atoms with Crippen LogP contribution in [0.25, 0.3) is 0 Å². The maximum Gasteiger partial charge on any atom is 0.134 e. The zero-order valence-corrected chi connectivity index (χ0v) is 17.3. The number of methoxy groups -OCH3 is 1. The summed E-state index contributed by atoms with van der Waals surface area (Å²) < 4.78 is 5.26. The van der Waals surface area contributed by atoms with Gasteiger partial charge in [-0.25, -0.2) is 9.97 Å². The van der Waals surface area contributed by atoms with Crippen LogP contribution in [-0.2, 0) is 0 Å². The van der Waals surface area contributed by atoms with E-state index in [1.807, 2.05) is 19.1 Å². The normalized spacial score (nSPS) is 18.5. The molecular formula is C22H31N5O. The van der Waals surface area contributed by atoms with E-state index in [2.05, 4.69) is 39.8 Å². The number of hydrogen-bond donors (Lipinski definition) is 0. The van der Waals surface area contributed by atoms with Gasteiger partial charge in [-0.1, -0.05) is 6.92 Å². The molecule has 0 saturated carbocycles. The Balaban J connectivity index is 1.42. The minimum atomic E-state index is 0.824. The minimum absolute atomic E-state index is 0.824. The van der Waals surface area contributed by atoms with Gasteiger partial charge in [0.2, 0.25) is 0 Å². The maximum atomic E-state index is 5.26. The quantitative estimate of drug-likeness (QED) is 0.809. The molecule has 0 aliphatic carbocycles. The summed E-state index contributed by atoms with van der Waals surface area (Å²) in [5.74, 6) is 4.74. The zero-order valence-electron chi connectivity index (χ0n) is 17.3. The summed E-state index contributed by atoms with van der Waals surface area (Å²) in [7, 11) is 1.70. The molecule has 6 heteroatoms. The maximum absolute atomic E-state index is 5.26. The van der Waals surface area contributed by atoms with Crippen LogP contribution >= 0.6 is 0 Å². The van der Waals surface area contributed by atoms with Crippen LogP contribution in [-0.4, -0.2) is 56.3 Å². The first kappa shape index (κ1) is 18.8. The average molecular weight is 382 g/mol. The Morgan fingerprint density at radius 3 is 1.93 bits per heavy atom. The molecule has 0 N–H and O–H groups in total. The fraction of sp³-hybridized carbons (Fsp3) is 0.545. The first-order chi connectivity index (χ1) is 13.6. The van der Waals surface area contributed by atoms with E-state index in [-0.39, 0.29) is 0 Å². The fourth-order valence-corrected chi connectivity index (χ4v) is 4.09. The van der Waals surface area contributed by atoms with Crippen molar-refractivity contribution in [2.45, 2.75) is 26.7 Å². The summed E-state index contributed by atoms with van der Waals surface area (Å²) >= 11 is 0. The largest absolute Gasteiger partial charge is 0.497 e. The van der Waals surface area contributed by atoms with E-state index in [0.29, 0.717) is 0 Å². The van der Waals surface area contributed by atoms with Crippen molar-refractivity contribution in [2.24, 2.45) is 5.92 Å². The number of piperazine rings is 1. The molecule has 150 valence electrons. The Bertz CT molecular complexity index is 778. The lowest BCUT2D eigenvalue weighted by Gasteiger charge is -2.37. The van der Waals surface area contributed by atoms with Crippen molar-refractivity contribution in [3.63, 3.8) is 0 Å². The molecule has 1 aromatic heterocycles. The van der Waals surface area contributed by atoms with Crippen molar-refractivity contribution in [1.82, 2.24) is 9.97 Å². The van der Waals surface area contributed by atoms with Gasteiger partial charge in [0.15, 0.2) is 0 Å². The molecule has 3 heterocycles. The Hall–Kier alpha value is -2.50. The lowest BCUT2D eigenvalue weighted by Crippen LogP contribution is -2.47. The lowest BCUT2D eigenvalue weighted by molar-refractivity contribution is 0.415. The summed E-state index contributed by atoms with van der Waals surface area (Å²) in [6, 6.07) is 10.5. The monoisotopic (exact) mass is 381 g/mol. The standard InChI is InChI=1S/C22H31N5O/c1-17-8-10-26(11-9-17)21-16-22(24-18(2)23-21)27-14-12-25(13-15-27)19-4-6-20(28-3)7-5-19/h4-7,16-17H,8-15H2,1-3H3. The van der Waals surface area contributed by atoms with Gasteiger partial charge in [-0.3, -0.25) is 0 Å². The van der Waals surface area contributed by atoms with E-state index in [1.54, 1.807) is 7.11 Å². The molecule has 0 bridgehead atoms. The van der Waals surface area contributed by atoms with Crippen LogP contribution in [0.5, 0.6) is 5.75 Å². The van der Waals surface area contributed by atoms with Gasteiger partial charge >= 0.3 is 0 Å². The Morgan fingerprint density at radius 2 is 1.36 bits per heavy atom. The number of hydrogen-bond acceptors (Lipinski definition) is 6. The van der Waals surface area contributed by atoms with Crippen LogP contribution in [0.15, 0.2) is 30.3 Å².